The Balaban J connectivity index is 2.60. The molecule has 4 nitrogen and oxygen atoms in total. The zero-order valence-electron chi connectivity index (χ0n) is 7.75. The molecule has 0 bridgehead atoms. The first kappa shape index (κ1) is 10.2. The maximum atomic E-state index is 11.4. The fraction of sp³-hybridized carbons (Fsp3) is 0.200. The van der Waals surface area contributed by atoms with Crippen molar-refractivity contribution < 1.29 is 4.79 Å². The molecule has 0 unspecified atom stereocenters. The van der Waals surface area contributed by atoms with Crippen LogP contribution in [0, 0.1) is 0 Å². The molecule has 1 aromatic rings. The van der Waals surface area contributed by atoms with Crippen LogP contribution in [0.5, 0.6) is 0 Å². The second-order valence-electron chi connectivity index (χ2n) is 2.76. The summed E-state index contributed by atoms with van der Waals surface area (Å²) < 4.78 is 0. The zero-order valence-corrected chi connectivity index (χ0v) is 7.75. The van der Waals surface area contributed by atoms with E-state index in [2.05, 4.69) is 16.9 Å². The maximum Gasteiger partial charge on any atom is 0.267 e. The summed E-state index contributed by atoms with van der Waals surface area (Å²) >= 11 is 0. The van der Waals surface area contributed by atoms with Crippen LogP contribution in [0.25, 0.3) is 0 Å². The molecule has 0 spiro atoms. The van der Waals surface area contributed by atoms with Crippen molar-refractivity contribution in [2.45, 2.75) is 6.42 Å². The molecule has 0 radical (unpaired) electrons. The molecule has 0 aliphatic carbocycles. The number of amides is 1. The van der Waals surface area contributed by atoms with Crippen LogP contribution < -0.4 is 10.9 Å². The number of aromatic nitrogens is 1. The van der Waals surface area contributed by atoms with Gasteiger partial charge in [-0.1, -0.05) is 12.1 Å². The molecular formula is C10H12N2O2. The largest absolute Gasteiger partial charge is 0.350 e. The normalized spacial score (nSPS) is 9.43. The van der Waals surface area contributed by atoms with Gasteiger partial charge in [-0.15, -0.1) is 6.58 Å². The maximum absolute atomic E-state index is 11.4. The van der Waals surface area contributed by atoms with Crippen LogP contribution in [0.1, 0.15) is 16.9 Å². The second kappa shape index (κ2) is 5.01. The molecule has 0 aromatic carbocycles. The molecule has 1 rings (SSSR count). The smallest absolute Gasteiger partial charge is 0.267 e. The highest BCUT2D eigenvalue weighted by atomic mass is 16.2. The molecule has 14 heavy (non-hydrogen) atoms. The summed E-state index contributed by atoms with van der Waals surface area (Å²) in [4.78, 5) is 24.7. The van der Waals surface area contributed by atoms with Crippen molar-refractivity contribution in [2.75, 3.05) is 6.54 Å². The van der Waals surface area contributed by atoms with E-state index in [9.17, 15) is 9.59 Å². The van der Waals surface area contributed by atoms with Gasteiger partial charge >= 0.3 is 0 Å². The van der Waals surface area contributed by atoms with Crippen molar-refractivity contribution in [3.63, 3.8) is 0 Å². The van der Waals surface area contributed by atoms with E-state index in [1.165, 1.54) is 6.07 Å². The van der Waals surface area contributed by atoms with Gasteiger partial charge in [-0.3, -0.25) is 9.59 Å². The van der Waals surface area contributed by atoms with E-state index < -0.39 is 0 Å². The standard InChI is InChI=1S/C10H12N2O2/c1-2-3-7-11-10(14)8-5-4-6-9(13)12-8/h2,4-6H,1,3,7H2,(H,11,14)(H,12,13). The van der Waals surface area contributed by atoms with E-state index in [4.69, 9.17) is 0 Å². The number of rotatable bonds is 4. The van der Waals surface area contributed by atoms with Gasteiger partial charge in [0.15, 0.2) is 0 Å². The molecule has 0 aliphatic heterocycles. The van der Waals surface area contributed by atoms with Crippen molar-refractivity contribution in [2.24, 2.45) is 0 Å². The first-order valence-corrected chi connectivity index (χ1v) is 4.32. The van der Waals surface area contributed by atoms with Crippen LogP contribution in [0.3, 0.4) is 0 Å². The van der Waals surface area contributed by atoms with Crippen LogP contribution in [0.2, 0.25) is 0 Å². The van der Waals surface area contributed by atoms with Crippen molar-refractivity contribution in [3.8, 4) is 0 Å². The topological polar surface area (TPSA) is 62.0 Å². The summed E-state index contributed by atoms with van der Waals surface area (Å²) in [6.07, 6.45) is 2.43. The lowest BCUT2D eigenvalue weighted by atomic mass is 10.3. The number of hydrogen-bond donors (Lipinski definition) is 2. The van der Waals surface area contributed by atoms with Crippen molar-refractivity contribution in [3.05, 3.63) is 46.9 Å². The summed E-state index contributed by atoms with van der Waals surface area (Å²) in [5.74, 6) is -0.274. The number of H-pyrrole nitrogens is 1. The summed E-state index contributed by atoms with van der Waals surface area (Å²) in [7, 11) is 0. The highest BCUT2D eigenvalue weighted by Gasteiger charge is 2.03. The Bertz CT molecular complexity index is 382. The van der Waals surface area contributed by atoms with E-state index >= 15 is 0 Å². The van der Waals surface area contributed by atoms with Crippen molar-refractivity contribution in [1.29, 1.82) is 0 Å². The minimum atomic E-state index is -0.277. The average Bonchev–Trinajstić information content (AvgIpc) is 2.18. The summed E-state index contributed by atoms with van der Waals surface area (Å²) in [5.41, 5.74) is 0.00272. The highest BCUT2D eigenvalue weighted by molar-refractivity contribution is 5.92. The van der Waals surface area contributed by atoms with Gasteiger partial charge in [0.25, 0.3) is 5.91 Å². The zero-order chi connectivity index (χ0) is 10.4. The first-order valence-electron chi connectivity index (χ1n) is 4.32. The molecular weight excluding hydrogens is 180 g/mol. The lowest BCUT2D eigenvalue weighted by Gasteiger charge is -2.02. The van der Waals surface area contributed by atoms with Gasteiger partial charge in [0.05, 0.1) is 0 Å². The van der Waals surface area contributed by atoms with Crippen molar-refractivity contribution in [1.82, 2.24) is 10.3 Å². The predicted octanol–water partition coefficient (Wildman–Crippen LogP) is 0.681. The molecule has 0 fully saturated rings. The SMILES string of the molecule is C=CCCNC(=O)c1cccc(=O)[nH]1. The third kappa shape index (κ3) is 2.90. The van der Waals surface area contributed by atoms with E-state index in [1.807, 2.05) is 0 Å². The monoisotopic (exact) mass is 192 g/mol. The summed E-state index contributed by atoms with van der Waals surface area (Å²) in [6, 6.07) is 4.46. The lowest BCUT2D eigenvalue weighted by molar-refractivity contribution is 0.0949. The summed E-state index contributed by atoms with van der Waals surface area (Å²) in [6.45, 7) is 4.06. The Kier molecular flexibility index (Phi) is 3.67. The van der Waals surface area contributed by atoms with Gasteiger partial charge in [0, 0.05) is 12.6 Å². The average molecular weight is 192 g/mol. The van der Waals surface area contributed by atoms with Gasteiger partial charge in [0.1, 0.15) is 5.69 Å². The molecule has 1 aromatic heterocycles. The minimum absolute atomic E-state index is 0.274. The van der Waals surface area contributed by atoms with E-state index in [0.29, 0.717) is 13.0 Å². The molecule has 74 valence electrons. The fourth-order valence-corrected chi connectivity index (χ4v) is 0.963. The summed E-state index contributed by atoms with van der Waals surface area (Å²) in [5, 5.41) is 2.65. The van der Waals surface area contributed by atoms with Gasteiger partial charge in [-0.05, 0) is 12.5 Å². The van der Waals surface area contributed by atoms with Gasteiger partial charge in [-0.25, -0.2) is 0 Å². The Morgan fingerprint density at radius 2 is 2.36 bits per heavy atom. The molecule has 0 saturated carbocycles. The molecule has 0 atom stereocenters. The van der Waals surface area contributed by atoms with Crippen LogP contribution in [-0.4, -0.2) is 17.4 Å². The highest BCUT2D eigenvalue weighted by Crippen LogP contribution is 1.89. The number of hydrogen-bond acceptors (Lipinski definition) is 2. The Morgan fingerprint density at radius 3 is 3.00 bits per heavy atom. The molecule has 1 heterocycles. The Morgan fingerprint density at radius 1 is 1.57 bits per heavy atom. The minimum Gasteiger partial charge on any atom is -0.350 e. The van der Waals surface area contributed by atoms with E-state index in [-0.39, 0.29) is 17.2 Å². The van der Waals surface area contributed by atoms with Crippen LogP contribution in [0.4, 0.5) is 0 Å². The Hall–Kier alpha value is -1.84. The second-order valence-corrected chi connectivity index (χ2v) is 2.76. The number of nitrogens with one attached hydrogen (secondary N) is 2. The van der Waals surface area contributed by atoms with E-state index in [1.54, 1.807) is 18.2 Å². The number of pyridine rings is 1. The lowest BCUT2D eigenvalue weighted by Crippen LogP contribution is -2.26. The molecule has 2 N–H and O–H groups in total. The van der Waals surface area contributed by atoms with Crippen LogP contribution in [0.15, 0.2) is 35.6 Å². The third-order valence-corrected chi connectivity index (χ3v) is 1.65. The van der Waals surface area contributed by atoms with Gasteiger partial charge in [0.2, 0.25) is 5.56 Å². The van der Waals surface area contributed by atoms with Crippen LogP contribution in [-0.2, 0) is 0 Å². The quantitative estimate of drug-likeness (QED) is 0.544. The number of carbonyl (C=O) groups is 1. The number of aromatic amines is 1. The first-order chi connectivity index (χ1) is 6.74. The van der Waals surface area contributed by atoms with E-state index in [0.717, 1.165) is 0 Å². The molecule has 0 saturated heterocycles. The van der Waals surface area contributed by atoms with Gasteiger partial charge < -0.3 is 10.3 Å². The molecule has 4 heteroatoms. The third-order valence-electron chi connectivity index (χ3n) is 1.65. The number of carbonyl (C=O) groups excluding carboxylic acids is 1. The molecule has 0 aliphatic rings. The molecule has 1 amide bonds. The fourth-order valence-electron chi connectivity index (χ4n) is 0.963. The van der Waals surface area contributed by atoms with Crippen LogP contribution >= 0.6 is 0 Å². The van der Waals surface area contributed by atoms with Crippen molar-refractivity contribution >= 4 is 5.91 Å². The van der Waals surface area contributed by atoms with Gasteiger partial charge in [-0.2, -0.15) is 0 Å². The Labute approximate surface area is 81.7 Å². The predicted molar refractivity (Wildman–Crippen MR) is 54.2 cm³/mol.